The normalized spacial score (nSPS) is 29.2. The van der Waals surface area contributed by atoms with Crippen LogP contribution in [0.3, 0.4) is 0 Å². The highest BCUT2D eigenvalue weighted by atomic mass is 16.5. The fraction of sp³-hybridized carbons (Fsp3) is 0.433. The zero-order valence-corrected chi connectivity index (χ0v) is 24.9. The van der Waals surface area contributed by atoms with Crippen molar-refractivity contribution in [2.24, 2.45) is 16.5 Å². The SMILES string of the molecule is CC1(C)CCOc2c(C(=O)NC3CN4C(N)=N[C@@H](CN5C(=O)CN(c6ccccc6)C5=O)[C@@H]5[NH+]=C(N)N[C@@]54C3(O)O)cccc21. The predicted octanol–water partition coefficient (Wildman–Crippen LogP) is -2.93. The molecule has 1 spiro atoms. The largest absolute Gasteiger partial charge is 0.492 e. The number of aliphatic hydroxyl groups is 2. The third-order valence-corrected chi connectivity index (χ3v) is 9.64. The number of hydrogen-bond donors (Lipinski definition) is 7. The van der Waals surface area contributed by atoms with Crippen LogP contribution >= 0.6 is 0 Å². The van der Waals surface area contributed by atoms with E-state index >= 15 is 0 Å². The van der Waals surface area contributed by atoms with Gasteiger partial charge in [0.2, 0.25) is 5.79 Å². The molecule has 0 saturated carbocycles. The van der Waals surface area contributed by atoms with Crippen molar-refractivity contribution in [1.82, 2.24) is 20.4 Å². The van der Waals surface area contributed by atoms with Crippen LogP contribution in [0.15, 0.2) is 53.5 Å². The molecule has 4 atom stereocenters. The first-order valence-electron chi connectivity index (χ1n) is 14.8. The second-order valence-corrected chi connectivity index (χ2v) is 12.7. The Morgan fingerprint density at radius 1 is 1.16 bits per heavy atom. The number of nitrogens with zero attached hydrogens (tertiary/aromatic N) is 4. The van der Waals surface area contributed by atoms with E-state index in [9.17, 15) is 24.6 Å². The van der Waals surface area contributed by atoms with E-state index in [-0.39, 0.29) is 42.5 Å². The number of imide groups is 1. The Morgan fingerprint density at radius 2 is 1.91 bits per heavy atom. The van der Waals surface area contributed by atoms with E-state index in [1.165, 1.54) is 9.80 Å². The van der Waals surface area contributed by atoms with E-state index in [1.54, 1.807) is 36.4 Å². The number of nitrogens with one attached hydrogen (secondary N) is 3. The van der Waals surface area contributed by atoms with E-state index in [0.29, 0.717) is 18.0 Å². The molecule has 5 heterocycles. The quantitative estimate of drug-likeness (QED) is 0.134. The zero-order chi connectivity index (χ0) is 31.9. The number of fused-ring (bicyclic) bond motifs is 1. The maximum absolute atomic E-state index is 13.7. The summed E-state index contributed by atoms with van der Waals surface area (Å²) in [5, 5.41) is 29.4. The first kappa shape index (κ1) is 28.9. The third kappa shape index (κ3) is 4.14. The van der Waals surface area contributed by atoms with Crippen molar-refractivity contribution in [1.29, 1.82) is 0 Å². The lowest BCUT2D eigenvalue weighted by molar-refractivity contribution is -0.521. The number of benzene rings is 2. The Kier molecular flexibility index (Phi) is 6.29. The average Bonchev–Trinajstić information content (AvgIpc) is 3.58. The molecular weight excluding hydrogens is 582 g/mol. The molecule has 15 nitrogen and oxygen atoms in total. The van der Waals surface area contributed by atoms with Crippen LogP contribution in [0.5, 0.6) is 5.75 Å². The van der Waals surface area contributed by atoms with Crippen molar-refractivity contribution < 1.29 is 34.3 Å². The Balaban J connectivity index is 1.17. The number of urea groups is 1. The molecular formula is C30H36N9O6+. The van der Waals surface area contributed by atoms with Gasteiger partial charge in [-0.15, -0.1) is 0 Å². The monoisotopic (exact) mass is 618 g/mol. The number of rotatable bonds is 5. The lowest BCUT2D eigenvalue weighted by Crippen LogP contribution is -2.90. The summed E-state index contributed by atoms with van der Waals surface area (Å²) < 4.78 is 5.91. The predicted molar refractivity (Wildman–Crippen MR) is 161 cm³/mol. The molecule has 4 amide bonds. The second-order valence-electron chi connectivity index (χ2n) is 12.7. The highest BCUT2D eigenvalue weighted by Gasteiger charge is 2.76. The molecule has 0 bridgehead atoms. The summed E-state index contributed by atoms with van der Waals surface area (Å²) in [4.78, 5) is 51.5. The van der Waals surface area contributed by atoms with Crippen molar-refractivity contribution in [3.63, 3.8) is 0 Å². The molecule has 2 saturated heterocycles. The minimum atomic E-state index is -2.66. The second kappa shape index (κ2) is 9.81. The highest BCUT2D eigenvalue weighted by Crippen LogP contribution is 2.43. The van der Waals surface area contributed by atoms with Crippen LogP contribution in [0.25, 0.3) is 0 Å². The molecule has 0 radical (unpaired) electrons. The summed E-state index contributed by atoms with van der Waals surface area (Å²) >= 11 is 0. The van der Waals surface area contributed by atoms with Crippen LogP contribution in [0.4, 0.5) is 10.5 Å². The minimum absolute atomic E-state index is 0.0112. The third-order valence-electron chi connectivity index (χ3n) is 9.64. The number of ether oxygens (including phenoxy) is 1. The molecule has 236 valence electrons. The first-order valence-corrected chi connectivity index (χ1v) is 14.8. The number of aliphatic imine (C=N–C) groups is 1. The number of hydrogen-bond acceptors (Lipinski definition) is 11. The van der Waals surface area contributed by atoms with Gasteiger partial charge in [-0.1, -0.05) is 44.2 Å². The number of carbonyl (C=O) groups excluding carboxylic acids is 3. The number of anilines is 1. The van der Waals surface area contributed by atoms with E-state index in [4.69, 9.17) is 16.2 Å². The smallest absolute Gasteiger partial charge is 0.343 e. The molecule has 7 rings (SSSR count). The summed E-state index contributed by atoms with van der Waals surface area (Å²) in [7, 11) is 0. The topological polar surface area (TPSA) is 213 Å². The van der Waals surface area contributed by atoms with Crippen molar-refractivity contribution >= 4 is 35.5 Å². The van der Waals surface area contributed by atoms with Crippen LogP contribution in [-0.4, -0.2) is 106 Å². The summed E-state index contributed by atoms with van der Waals surface area (Å²) in [6, 6.07) is 10.4. The van der Waals surface area contributed by atoms with Gasteiger partial charge in [-0.2, -0.15) is 0 Å². The number of carbonyl (C=O) groups is 3. The Labute approximate surface area is 258 Å². The lowest BCUT2D eigenvalue weighted by Gasteiger charge is -2.46. The molecule has 2 fully saturated rings. The van der Waals surface area contributed by atoms with Gasteiger partial charge in [0.1, 0.15) is 24.4 Å². The molecule has 15 heteroatoms. The van der Waals surface area contributed by atoms with Gasteiger partial charge in [-0.3, -0.25) is 35.0 Å². The molecule has 1 unspecified atom stereocenters. The zero-order valence-electron chi connectivity index (χ0n) is 24.9. The van der Waals surface area contributed by atoms with Gasteiger partial charge in [0.25, 0.3) is 17.5 Å². The van der Waals surface area contributed by atoms with Crippen molar-refractivity contribution in [3.8, 4) is 5.75 Å². The molecule has 9 N–H and O–H groups in total. The van der Waals surface area contributed by atoms with Crippen LogP contribution in [0.2, 0.25) is 0 Å². The van der Waals surface area contributed by atoms with Gasteiger partial charge in [-0.05, 0) is 30.0 Å². The fourth-order valence-corrected chi connectivity index (χ4v) is 7.22. The molecule has 5 aliphatic rings. The molecule has 45 heavy (non-hydrogen) atoms. The molecule has 5 aliphatic heterocycles. The summed E-state index contributed by atoms with van der Waals surface area (Å²) in [6.45, 7) is 4.11. The van der Waals surface area contributed by atoms with Gasteiger partial charge in [0.15, 0.2) is 12.0 Å². The van der Waals surface area contributed by atoms with E-state index < -0.39 is 47.4 Å². The summed E-state index contributed by atoms with van der Waals surface area (Å²) in [6.07, 6.45) is 0.790. The highest BCUT2D eigenvalue weighted by molar-refractivity contribution is 6.12. The van der Waals surface area contributed by atoms with Gasteiger partial charge >= 0.3 is 12.0 Å². The van der Waals surface area contributed by atoms with E-state index in [0.717, 1.165) is 16.9 Å². The van der Waals surface area contributed by atoms with Crippen LogP contribution in [0, 0.1) is 0 Å². The lowest BCUT2D eigenvalue weighted by atomic mass is 9.79. The number of nitrogens with two attached hydrogens (primary N) is 2. The maximum atomic E-state index is 13.7. The summed E-state index contributed by atoms with van der Waals surface area (Å²) in [5.74, 6) is -3.26. The van der Waals surface area contributed by atoms with Crippen LogP contribution in [0.1, 0.15) is 36.2 Å². The van der Waals surface area contributed by atoms with Gasteiger partial charge < -0.3 is 26.0 Å². The Morgan fingerprint density at radius 3 is 2.67 bits per heavy atom. The molecule has 0 aromatic heterocycles. The average molecular weight is 619 g/mol. The number of para-hydroxylation sites is 2. The number of guanidine groups is 2. The maximum Gasteiger partial charge on any atom is 0.343 e. The van der Waals surface area contributed by atoms with Crippen LogP contribution in [-0.2, 0) is 10.2 Å². The first-order chi connectivity index (χ1) is 21.3. The Hall–Kier alpha value is -4.89. The van der Waals surface area contributed by atoms with Crippen molar-refractivity contribution in [3.05, 3.63) is 59.7 Å². The molecule has 2 aromatic carbocycles. The van der Waals surface area contributed by atoms with Gasteiger partial charge in [0, 0.05) is 11.3 Å². The fourth-order valence-electron chi connectivity index (χ4n) is 7.22. The van der Waals surface area contributed by atoms with Gasteiger partial charge in [0.05, 0.1) is 25.3 Å². The van der Waals surface area contributed by atoms with Crippen LogP contribution < -0.4 is 36.7 Å². The summed E-state index contributed by atoms with van der Waals surface area (Å²) in [5.41, 5.74) is 12.3. The molecule has 0 aliphatic carbocycles. The van der Waals surface area contributed by atoms with Gasteiger partial charge in [-0.25, -0.2) is 15.1 Å². The van der Waals surface area contributed by atoms with E-state index in [1.807, 2.05) is 12.1 Å². The minimum Gasteiger partial charge on any atom is -0.492 e. The van der Waals surface area contributed by atoms with Crippen molar-refractivity contribution in [2.75, 3.05) is 31.1 Å². The standard InChI is InChI=1S/C30H35N9O6/c1-28(2)11-12-45-22-17(9-6-10-18(22)28)24(41)34-20-14-39-26(32)33-19(23-29(39,30(20,43)44)36-25(31)35-23)13-38-21(40)15-37(27(38)42)16-7-4-3-5-8-16/h3-10,19-20,23,43-44H,11-15H2,1-2H3,(H2,32,33)(H,34,41)(H3,31,35,36)/p+1/t19-,20?,23-,29-/m0/s1. The Bertz CT molecular complexity index is 1660. The van der Waals surface area contributed by atoms with Crippen molar-refractivity contribution in [2.45, 2.75) is 55.3 Å². The van der Waals surface area contributed by atoms with E-state index in [2.05, 4.69) is 34.5 Å². The number of amides is 4. The molecule has 2 aromatic rings.